The van der Waals surface area contributed by atoms with E-state index in [9.17, 15) is 0 Å². The van der Waals surface area contributed by atoms with Crippen molar-refractivity contribution in [3.05, 3.63) is 60.3 Å². The van der Waals surface area contributed by atoms with Gasteiger partial charge >= 0.3 is 0 Å². The lowest BCUT2D eigenvalue weighted by atomic mass is 10.1. The maximum atomic E-state index is 5.52. The molecule has 4 rings (SSSR count). The third-order valence-corrected chi connectivity index (χ3v) is 3.63. The largest absolute Gasteiger partial charge is 0.356 e. The maximum Gasteiger partial charge on any atom is 0.197 e. The van der Waals surface area contributed by atoms with Gasteiger partial charge in [-0.25, -0.2) is 15.0 Å². The zero-order chi connectivity index (χ0) is 14.9. The van der Waals surface area contributed by atoms with E-state index in [1.54, 1.807) is 18.7 Å². The molecule has 6 heteroatoms. The smallest absolute Gasteiger partial charge is 0.197 e. The molecule has 3 aromatic heterocycles. The van der Waals surface area contributed by atoms with Crippen LogP contribution < -0.4 is 0 Å². The molecule has 108 valence electrons. The van der Waals surface area contributed by atoms with Crippen LogP contribution in [0.15, 0.2) is 53.6 Å². The van der Waals surface area contributed by atoms with Gasteiger partial charge in [0.05, 0.1) is 12.9 Å². The standard InChI is InChI=1S/C16H13N5O/c1-11-13(20-22-14(11)12-5-3-2-4-6-12)9-21-10-19-15-16(21)18-8-7-17-15/h2-8,10H,9H2,1H3. The topological polar surface area (TPSA) is 69.6 Å². The first-order chi connectivity index (χ1) is 10.8. The maximum absolute atomic E-state index is 5.52. The third-order valence-electron chi connectivity index (χ3n) is 3.63. The quantitative estimate of drug-likeness (QED) is 0.580. The summed E-state index contributed by atoms with van der Waals surface area (Å²) in [5, 5.41) is 4.20. The van der Waals surface area contributed by atoms with Crippen LogP contribution >= 0.6 is 0 Å². The molecule has 0 spiro atoms. The summed E-state index contributed by atoms with van der Waals surface area (Å²) < 4.78 is 7.44. The van der Waals surface area contributed by atoms with Crippen molar-refractivity contribution in [2.75, 3.05) is 0 Å². The molecule has 0 bridgehead atoms. The van der Waals surface area contributed by atoms with Gasteiger partial charge in [-0.15, -0.1) is 0 Å². The number of fused-ring (bicyclic) bond motifs is 1. The summed E-state index contributed by atoms with van der Waals surface area (Å²) in [7, 11) is 0. The van der Waals surface area contributed by atoms with E-state index in [1.807, 2.05) is 41.8 Å². The van der Waals surface area contributed by atoms with Crippen LogP contribution in [0.4, 0.5) is 0 Å². The van der Waals surface area contributed by atoms with Gasteiger partial charge in [-0.2, -0.15) is 0 Å². The highest BCUT2D eigenvalue weighted by atomic mass is 16.5. The van der Waals surface area contributed by atoms with Crippen LogP contribution in [0.1, 0.15) is 11.3 Å². The number of nitrogens with zero attached hydrogens (tertiary/aromatic N) is 5. The monoisotopic (exact) mass is 291 g/mol. The molecule has 0 aliphatic carbocycles. The molecule has 0 aliphatic heterocycles. The van der Waals surface area contributed by atoms with Gasteiger partial charge in [0.25, 0.3) is 0 Å². The molecule has 0 aliphatic rings. The number of hydrogen-bond acceptors (Lipinski definition) is 5. The fourth-order valence-electron chi connectivity index (χ4n) is 2.45. The predicted octanol–water partition coefficient (Wildman–Crippen LogP) is 2.84. The fraction of sp³-hybridized carbons (Fsp3) is 0.125. The molecule has 0 amide bonds. The van der Waals surface area contributed by atoms with Crippen molar-refractivity contribution in [3.8, 4) is 11.3 Å². The van der Waals surface area contributed by atoms with E-state index in [1.165, 1.54) is 0 Å². The lowest BCUT2D eigenvalue weighted by molar-refractivity contribution is 0.421. The van der Waals surface area contributed by atoms with E-state index in [0.717, 1.165) is 28.2 Å². The van der Waals surface area contributed by atoms with Crippen LogP contribution in [0.5, 0.6) is 0 Å². The average molecular weight is 291 g/mol. The Morgan fingerprint density at radius 1 is 1.05 bits per heavy atom. The third kappa shape index (κ3) is 2.05. The van der Waals surface area contributed by atoms with Gasteiger partial charge in [-0.1, -0.05) is 35.5 Å². The predicted molar refractivity (Wildman–Crippen MR) is 81.1 cm³/mol. The minimum absolute atomic E-state index is 0.553. The van der Waals surface area contributed by atoms with E-state index >= 15 is 0 Å². The molecule has 0 fully saturated rings. The number of benzene rings is 1. The first kappa shape index (κ1) is 12.7. The van der Waals surface area contributed by atoms with Crippen molar-refractivity contribution in [2.45, 2.75) is 13.5 Å². The minimum Gasteiger partial charge on any atom is -0.356 e. The summed E-state index contributed by atoms with van der Waals surface area (Å²) in [6.07, 6.45) is 5.01. The minimum atomic E-state index is 0.553. The van der Waals surface area contributed by atoms with Crippen molar-refractivity contribution in [2.24, 2.45) is 0 Å². The van der Waals surface area contributed by atoms with E-state index in [2.05, 4.69) is 20.1 Å². The van der Waals surface area contributed by atoms with Gasteiger partial charge in [-0.05, 0) is 6.92 Å². The molecular weight excluding hydrogens is 278 g/mol. The zero-order valence-electron chi connectivity index (χ0n) is 12.0. The number of imidazole rings is 1. The van der Waals surface area contributed by atoms with Crippen molar-refractivity contribution < 1.29 is 4.52 Å². The lowest BCUT2D eigenvalue weighted by Gasteiger charge is -2.01. The highest BCUT2D eigenvalue weighted by molar-refractivity contribution is 5.65. The van der Waals surface area contributed by atoms with Crippen LogP contribution in [0, 0.1) is 6.92 Å². The molecule has 3 heterocycles. The summed E-state index contributed by atoms with van der Waals surface area (Å²) >= 11 is 0. The van der Waals surface area contributed by atoms with E-state index in [4.69, 9.17) is 4.52 Å². The van der Waals surface area contributed by atoms with Crippen molar-refractivity contribution in [1.29, 1.82) is 0 Å². The second kappa shape index (κ2) is 5.07. The van der Waals surface area contributed by atoms with Crippen molar-refractivity contribution in [3.63, 3.8) is 0 Å². The Balaban J connectivity index is 1.71. The van der Waals surface area contributed by atoms with Crippen molar-refractivity contribution >= 4 is 11.3 Å². The lowest BCUT2D eigenvalue weighted by Crippen LogP contribution is -2.01. The Hall–Kier alpha value is -3.02. The Morgan fingerprint density at radius 3 is 2.73 bits per heavy atom. The Labute approximate surface area is 126 Å². The normalized spacial score (nSPS) is 11.1. The molecule has 0 saturated carbocycles. The molecule has 0 radical (unpaired) electrons. The molecule has 0 N–H and O–H groups in total. The molecule has 22 heavy (non-hydrogen) atoms. The summed E-state index contributed by atoms with van der Waals surface area (Å²) in [4.78, 5) is 12.7. The van der Waals surface area contributed by atoms with Crippen LogP contribution in [0.3, 0.4) is 0 Å². The molecular formula is C16H13N5O. The van der Waals surface area contributed by atoms with Crippen LogP contribution in [0.25, 0.3) is 22.6 Å². The van der Waals surface area contributed by atoms with E-state index in [0.29, 0.717) is 12.2 Å². The molecule has 0 atom stereocenters. The summed E-state index contributed by atoms with van der Waals surface area (Å²) in [6, 6.07) is 9.96. The van der Waals surface area contributed by atoms with Crippen molar-refractivity contribution in [1.82, 2.24) is 24.7 Å². The first-order valence-electron chi connectivity index (χ1n) is 6.95. The molecule has 1 aromatic carbocycles. The Kier molecular flexibility index (Phi) is 2.93. The highest BCUT2D eigenvalue weighted by Gasteiger charge is 2.15. The van der Waals surface area contributed by atoms with Crippen LogP contribution in [0.2, 0.25) is 0 Å². The number of hydrogen-bond donors (Lipinski definition) is 0. The second-order valence-corrected chi connectivity index (χ2v) is 5.03. The first-order valence-corrected chi connectivity index (χ1v) is 6.95. The van der Waals surface area contributed by atoms with Crippen LogP contribution in [-0.4, -0.2) is 24.7 Å². The van der Waals surface area contributed by atoms with Gasteiger partial charge in [0.1, 0.15) is 5.69 Å². The summed E-state index contributed by atoms with van der Waals surface area (Å²) in [5.74, 6) is 0.797. The summed E-state index contributed by atoms with van der Waals surface area (Å²) in [6.45, 7) is 2.57. The molecule has 4 aromatic rings. The average Bonchev–Trinajstić information content (AvgIpc) is 3.14. The van der Waals surface area contributed by atoms with Gasteiger partial charge in [-0.3, -0.25) is 0 Å². The number of rotatable bonds is 3. The Bertz CT molecular complexity index is 926. The summed E-state index contributed by atoms with van der Waals surface area (Å²) in [5.41, 5.74) is 4.29. The van der Waals surface area contributed by atoms with Gasteiger partial charge < -0.3 is 9.09 Å². The highest BCUT2D eigenvalue weighted by Crippen LogP contribution is 2.26. The van der Waals surface area contributed by atoms with Crippen LogP contribution in [-0.2, 0) is 6.54 Å². The van der Waals surface area contributed by atoms with Gasteiger partial charge in [0.15, 0.2) is 17.1 Å². The zero-order valence-corrected chi connectivity index (χ0v) is 12.0. The molecule has 6 nitrogen and oxygen atoms in total. The van der Waals surface area contributed by atoms with Gasteiger partial charge in [0, 0.05) is 23.5 Å². The van der Waals surface area contributed by atoms with Gasteiger partial charge in [0.2, 0.25) is 0 Å². The fourth-order valence-corrected chi connectivity index (χ4v) is 2.45. The van der Waals surface area contributed by atoms with E-state index < -0.39 is 0 Å². The Morgan fingerprint density at radius 2 is 1.86 bits per heavy atom. The van der Waals surface area contributed by atoms with E-state index in [-0.39, 0.29) is 0 Å². The number of aromatic nitrogens is 5. The SMILES string of the molecule is Cc1c(Cn2cnc3nccnc32)noc1-c1ccccc1. The second-order valence-electron chi connectivity index (χ2n) is 5.03. The molecule has 0 saturated heterocycles. The molecule has 0 unspecified atom stereocenters.